The van der Waals surface area contributed by atoms with Crippen molar-refractivity contribution in [1.82, 2.24) is 4.33 Å². The second kappa shape index (κ2) is 4.21. The number of carbonyl (C=O) groups is 1. The van der Waals surface area contributed by atoms with Gasteiger partial charge in [0.2, 0.25) is 0 Å². The van der Waals surface area contributed by atoms with E-state index >= 15 is 0 Å². The van der Waals surface area contributed by atoms with Crippen molar-refractivity contribution in [3.8, 4) is 0 Å². The SMILES string of the molecule is O=C(O)[C@H](CS)N[SeH]. The van der Waals surface area contributed by atoms with Crippen LogP contribution in [0.5, 0.6) is 0 Å². The fraction of sp³-hybridized carbons (Fsp3) is 0.667. The molecule has 0 heterocycles. The Morgan fingerprint density at radius 2 is 2.50 bits per heavy atom. The third-order valence-corrected chi connectivity index (χ3v) is 1.66. The molecule has 1 atom stereocenters. The van der Waals surface area contributed by atoms with Gasteiger partial charge < -0.3 is 0 Å². The summed E-state index contributed by atoms with van der Waals surface area (Å²) in [5, 5.41) is 8.25. The van der Waals surface area contributed by atoms with Crippen LogP contribution in [0.3, 0.4) is 0 Å². The van der Waals surface area contributed by atoms with Crippen molar-refractivity contribution in [2.45, 2.75) is 6.04 Å². The average molecular weight is 200 g/mol. The van der Waals surface area contributed by atoms with E-state index in [0.717, 1.165) is 0 Å². The summed E-state index contributed by atoms with van der Waals surface area (Å²) in [4.78, 5) is 10.0. The molecule has 0 saturated heterocycles. The van der Waals surface area contributed by atoms with Crippen LogP contribution in [0.25, 0.3) is 0 Å². The van der Waals surface area contributed by atoms with E-state index in [1.165, 1.54) is 0 Å². The van der Waals surface area contributed by atoms with Crippen molar-refractivity contribution in [3.63, 3.8) is 0 Å². The Labute approximate surface area is 61.3 Å². The van der Waals surface area contributed by atoms with Crippen LogP contribution in [0.2, 0.25) is 0 Å². The van der Waals surface area contributed by atoms with Crippen LogP contribution in [0.1, 0.15) is 0 Å². The molecule has 0 radical (unpaired) electrons. The van der Waals surface area contributed by atoms with Crippen LogP contribution in [0.15, 0.2) is 0 Å². The van der Waals surface area contributed by atoms with Gasteiger partial charge in [0.05, 0.1) is 0 Å². The molecule has 0 bridgehead atoms. The molecule has 8 heavy (non-hydrogen) atoms. The fourth-order valence-corrected chi connectivity index (χ4v) is 1.16. The molecule has 0 spiro atoms. The fourth-order valence-electron chi connectivity index (χ4n) is 0.174. The van der Waals surface area contributed by atoms with Gasteiger partial charge in [-0.1, -0.05) is 0 Å². The number of aliphatic carboxylic acids is 1. The summed E-state index contributed by atoms with van der Waals surface area (Å²) in [6.45, 7) is 0. The molecule has 0 aliphatic rings. The monoisotopic (exact) mass is 201 g/mol. The van der Waals surface area contributed by atoms with Gasteiger partial charge in [0, 0.05) is 0 Å². The predicted octanol–water partition coefficient (Wildman–Crippen LogP) is -1.23. The van der Waals surface area contributed by atoms with E-state index in [9.17, 15) is 4.79 Å². The summed E-state index contributed by atoms with van der Waals surface area (Å²) in [5.74, 6) is -0.565. The van der Waals surface area contributed by atoms with E-state index < -0.39 is 12.0 Å². The second-order valence-electron chi connectivity index (χ2n) is 1.20. The van der Waals surface area contributed by atoms with Crippen molar-refractivity contribution in [2.24, 2.45) is 0 Å². The Kier molecular flexibility index (Phi) is 4.36. The Morgan fingerprint density at radius 3 is 2.50 bits per heavy atom. The summed E-state index contributed by atoms with van der Waals surface area (Å²) in [6.07, 6.45) is 0. The second-order valence-corrected chi connectivity index (χ2v) is 2.11. The first kappa shape index (κ1) is 8.30. The van der Waals surface area contributed by atoms with Crippen LogP contribution in [-0.4, -0.2) is 39.1 Å². The Balaban J connectivity index is 3.52. The van der Waals surface area contributed by atoms with Crippen LogP contribution >= 0.6 is 12.6 Å². The normalized spacial score (nSPS) is 13.2. The molecule has 0 amide bonds. The first-order chi connectivity index (χ1) is 3.72. The summed E-state index contributed by atoms with van der Waals surface area (Å²) < 4.78 is 2.51. The number of nitrogens with one attached hydrogen (secondary N) is 1. The molecule has 5 heteroatoms. The van der Waals surface area contributed by atoms with Gasteiger partial charge in [0.25, 0.3) is 0 Å². The van der Waals surface area contributed by atoms with Crippen molar-refractivity contribution < 1.29 is 9.90 Å². The summed E-state index contributed by atoms with van der Waals surface area (Å²) in [6, 6.07) is -0.543. The van der Waals surface area contributed by atoms with Crippen LogP contribution in [0, 0.1) is 0 Å². The number of thiol groups is 1. The summed E-state index contributed by atoms with van der Waals surface area (Å²) in [7, 11) is 0. The van der Waals surface area contributed by atoms with Gasteiger partial charge in [-0.15, -0.1) is 0 Å². The van der Waals surface area contributed by atoms with Crippen LogP contribution < -0.4 is 4.33 Å². The Morgan fingerprint density at radius 1 is 2.00 bits per heavy atom. The van der Waals surface area contributed by atoms with E-state index in [-0.39, 0.29) is 0 Å². The zero-order valence-corrected chi connectivity index (χ0v) is 6.81. The third kappa shape index (κ3) is 2.57. The molecule has 0 fully saturated rings. The van der Waals surface area contributed by atoms with Crippen LogP contribution in [-0.2, 0) is 4.79 Å². The molecule has 2 N–H and O–H groups in total. The van der Waals surface area contributed by atoms with E-state index in [1.807, 2.05) is 16.2 Å². The standard InChI is InChI=1S/C3H7NO2SSe/c5-3(6)2(1-7)4-8/h2,4,7-8H,1H2,(H,5,6)/t2-/m0/s1. The van der Waals surface area contributed by atoms with Gasteiger partial charge in [-0.25, -0.2) is 0 Å². The average Bonchev–Trinajstić information content (AvgIpc) is 1.69. The summed E-state index contributed by atoms with van der Waals surface area (Å²) >= 11 is 5.78. The maximum absolute atomic E-state index is 10.0. The van der Waals surface area contributed by atoms with Gasteiger partial charge in [-0.2, -0.15) is 0 Å². The number of rotatable bonds is 3. The zero-order chi connectivity index (χ0) is 6.57. The molecular weight excluding hydrogens is 193 g/mol. The molecular formula is C3H7NO2SSe. The molecule has 0 saturated carbocycles. The zero-order valence-electron chi connectivity index (χ0n) is 4.03. The first-order valence-corrected chi connectivity index (χ1v) is 3.52. The van der Waals surface area contributed by atoms with E-state index in [4.69, 9.17) is 5.11 Å². The number of hydrogen-bond acceptors (Lipinski definition) is 3. The van der Waals surface area contributed by atoms with Crippen molar-refractivity contribution in [2.75, 3.05) is 5.75 Å². The molecule has 3 nitrogen and oxygen atoms in total. The molecule has 0 aromatic rings. The van der Waals surface area contributed by atoms with Gasteiger partial charge in [-0.3, -0.25) is 0 Å². The van der Waals surface area contributed by atoms with E-state index in [1.54, 1.807) is 0 Å². The summed E-state index contributed by atoms with van der Waals surface area (Å²) in [5.41, 5.74) is 0. The minimum atomic E-state index is -0.874. The number of carboxylic acids is 1. The van der Waals surface area contributed by atoms with Gasteiger partial charge >= 0.3 is 60.9 Å². The molecule has 0 aliphatic heterocycles. The van der Waals surface area contributed by atoms with E-state index in [0.29, 0.717) is 5.75 Å². The van der Waals surface area contributed by atoms with Gasteiger partial charge in [0.15, 0.2) is 0 Å². The van der Waals surface area contributed by atoms with Crippen LogP contribution in [0.4, 0.5) is 0 Å². The number of carboxylic acid groups (broad SMARTS) is 1. The Bertz CT molecular complexity index is 85.4. The molecule has 0 rings (SSSR count). The molecule has 0 unspecified atom stereocenters. The molecule has 48 valence electrons. The van der Waals surface area contributed by atoms with E-state index in [2.05, 4.69) is 17.0 Å². The van der Waals surface area contributed by atoms with Crippen molar-refractivity contribution in [1.29, 1.82) is 0 Å². The Hall–Kier alpha value is 0.299. The number of hydrogen-bond donors (Lipinski definition) is 3. The predicted molar refractivity (Wildman–Crippen MR) is 35.6 cm³/mol. The first-order valence-electron chi connectivity index (χ1n) is 1.95. The van der Waals surface area contributed by atoms with Gasteiger partial charge in [0.1, 0.15) is 0 Å². The molecule has 0 aromatic carbocycles. The molecule has 0 aromatic heterocycles. The van der Waals surface area contributed by atoms with Crippen molar-refractivity contribution >= 4 is 34.8 Å². The van der Waals surface area contributed by atoms with Gasteiger partial charge in [-0.05, 0) is 0 Å². The van der Waals surface area contributed by atoms with Crippen molar-refractivity contribution in [3.05, 3.63) is 0 Å². The topological polar surface area (TPSA) is 49.3 Å². The quantitative estimate of drug-likeness (QED) is 0.395. The third-order valence-electron chi connectivity index (χ3n) is 0.637. The maximum atomic E-state index is 10.0. The molecule has 0 aliphatic carbocycles. The minimum absolute atomic E-state index is 0.310.